The van der Waals surface area contributed by atoms with Gasteiger partial charge in [0.1, 0.15) is 0 Å². The first-order chi connectivity index (χ1) is 13.8. The highest BCUT2D eigenvalue weighted by Crippen LogP contribution is 2.21. The molecule has 0 aliphatic rings. The highest BCUT2D eigenvalue weighted by Gasteiger charge is 2.03. The predicted octanol–water partition coefficient (Wildman–Crippen LogP) is 5.33. The molecule has 3 rings (SSSR count). The van der Waals surface area contributed by atoms with Crippen LogP contribution in [0, 0.1) is 0 Å². The molecule has 0 unspecified atom stereocenters. The Morgan fingerprint density at radius 2 is 1.21 bits per heavy atom. The Labute approximate surface area is 163 Å². The maximum absolute atomic E-state index is 11.9. The molecule has 3 aromatic rings. The number of hydrogen-bond donors (Lipinski definition) is 0. The number of rotatable bonds is 7. The lowest BCUT2D eigenvalue weighted by Crippen LogP contribution is -1.99. The second-order valence-electron chi connectivity index (χ2n) is 5.85. The van der Waals surface area contributed by atoms with E-state index in [1.807, 2.05) is 54.6 Å². The molecule has 3 aromatic carbocycles. The van der Waals surface area contributed by atoms with Crippen molar-refractivity contribution >= 4 is 24.6 Å². The first-order valence-corrected chi connectivity index (χ1v) is 8.65. The molecule has 0 aliphatic heterocycles. The molecule has 0 bridgehead atoms. The third-order valence-corrected chi connectivity index (χ3v) is 3.99. The molecule has 0 saturated carbocycles. The van der Waals surface area contributed by atoms with Crippen LogP contribution in [0.15, 0.2) is 91.4 Å². The van der Waals surface area contributed by atoms with E-state index in [0.717, 1.165) is 22.3 Å². The number of carbonyl (C=O) groups excluding carboxylic acids is 2. The molecular formula is C24H18O4. The first-order valence-electron chi connectivity index (χ1n) is 8.65. The van der Waals surface area contributed by atoms with Crippen LogP contribution in [-0.4, -0.2) is 12.4 Å². The van der Waals surface area contributed by atoms with Crippen molar-refractivity contribution in [3.8, 4) is 11.1 Å². The summed E-state index contributed by atoms with van der Waals surface area (Å²) in [5.74, 6) is -0.388. The summed E-state index contributed by atoms with van der Waals surface area (Å²) in [4.78, 5) is 22.0. The zero-order valence-electron chi connectivity index (χ0n) is 15.0. The van der Waals surface area contributed by atoms with Crippen LogP contribution in [0.5, 0.6) is 0 Å². The quantitative estimate of drug-likeness (QED) is 0.321. The molecular weight excluding hydrogens is 352 g/mol. The van der Waals surface area contributed by atoms with Gasteiger partial charge in [-0.2, -0.15) is 0 Å². The summed E-state index contributed by atoms with van der Waals surface area (Å²) in [6.45, 7) is 0.378. The Balaban J connectivity index is 1.60. The van der Waals surface area contributed by atoms with Gasteiger partial charge in [-0.15, -0.1) is 0 Å². The summed E-state index contributed by atoms with van der Waals surface area (Å²) in [5.41, 5.74) is 4.51. The highest BCUT2D eigenvalue weighted by molar-refractivity contribution is 5.89. The first kappa shape index (κ1) is 18.9. The Bertz CT molecular complexity index is 969. The minimum atomic E-state index is -0.388. The van der Waals surface area contributed by atoms with Gasteiger partial charge in [0, 0.05) is 0 Å². The normalized spacial score (nSPS) is 10.9. The van der Waals surface area contributed by atoms with Gasteiger partial charge in [-0.3, -0.25) is 4.79 Å². The van der Waals surface area contributed by atoms with Gasteiger partial charge in [0.2, 0.25) is 0 Å². The van der Waals surface area contributed by atoms with Crippen LogP contribution in [0.4, 0.5) is 0 Å². The van der Waals surface area contributed by atoms with Gasteiger partial charge < -0.3 is 9.47 Å². The van der Waals surface area contributed by atoms with Crippen molar-refractivity contribution in [2.45, 2.75) is 0 Å². The predicted molar refractivity (Wildman–Crippen MR) is 109 cm³/mol. The molecule has 0 heterocycles. The average Bonchev–Trinajstić information content (AvgIpc) is 2.75. The van der Waals surface area contributed by atoms with Crippen LogP contribution in [0.2, 0.25) is 0 Å². The lowest BCUT2D eigenvalue weighted by molar-refractivity contribution is -0.123. The van der Waals surface area contributed by atoms with Gasteiger partial charge in [0.15, 0.2) is 0 Å². The highest BCUT2D eigenvalue weighted by atomic mass is 16.5. The molecule has 28 heavy (non-hydrogen) atoms. The van der Waals surface area contributed by atoms with E-state index in [2.05, 4.69) is 4.74 Å². The van der Waals surface area contributed by atoms with Gasteiger partial charge in [-0.05, 0) is 46.5 Å². The van der Waals surface area contributed by atoms with E-state index >= 15 is 0 Å². The molecule has 0 radical (unpaired) electrons. The minimum absolute atomic E-state index is 0.378. The summed E-state index contributed by atoms with van der Waals surface area (Å²) in [6.07, 6.45) is 6.19. The molecule has 138 valence electrons. The Morgan fingerprint density at radius 1 is 0.679 bits per heavy atom. The number of carbonyl (C=O) groups is 2. The van der Waals surface area contributed by atoms with Crippen LogP contribution in [-0.2, 0) is 14.3 Å². The maximum atomic E-state index is 11.9. The van der Waals surface area contributed by atoms with Crippen LogP contribution >= 0.6 is 0 Å². The largest absolute Gasteiger partial charge is 0.437 e. The van der Waals surface area contributed by atoms with E-state index < -0.39 is 0 Å². The van der Waals surface area contributed by atoms with Crippen molar-refractivity contribution in [1.82, 2.24) is 0 Å². The van der Waals surface area contributed by atoms with Crippen LogP contribution in [0.25, 0.3) is 23.3 Å². The number of esters is 1. The lowest BCUT2D eigenvalue weighted by atomic mass is 10.0. The van der Waals surface area contributed by atoms with E-state index in [-0.39, 0.29) is 5.97 Å². The van der Waals surface area contributed by atoms with Gasteiger partial charge in [0.25, 0.3) is 6.47 Å². The molecule has 4 nitrogen and oxygen atoms in total. The van der Waals surface area contributed by atoms with Crippen LogP contribution in [0.1, 0.15) is 21.5 Å². The maximum Gasteiger partial charge on any atom is 0.342 e. The van der Waals surface area contributed by atoms with Gasteiger partial charge in [0.05, 0.1) is 18.1 Å². The summed E-state index contributed by atoms with van der Waals surface area (Å²) in [5, 5.41) is 0. The van der Waals surface area contributed by atoms with Crippen molar-refractivity contribution in [3.63, 3.8) is 0 Å². The van der Waals surface area contributed by atoms with Crippen molar-refractivity contribution in [2.24, 2.45) is 0 Å². The zero-order valence-corrected chi connectivity index (χ0v) is 15.0. The van der Waals surface area contributed by atoms with Gasteiger partial charge in [-0.1, -0.05) is 66.7 Å². The van der Waals surface area contributed by atoms with Gasteiger partial charge in [-0.25, -0.2) is 4.79 Å². The number of benzene rings is 3. The second kappa shape index (κ2) is 9.69. The SMILES string of the molecule is O=COC=Cc1ccc(-c2ccc(C=COC(=O)c3ccccc3)cc2)cc1. The van der Waals surface area contributed by atoms with Crippen molar-refractivity contribution < 1.29 is 19.1 Å². The fraction of sp³-hybridized carbons (Fsp3) is 0. The minimum Gasteiger partial charge on any atom is -0.437 e. The molecule has 0 spiro atoms. The fourth-order valence-electron chi connectivity index (χ4n) is 2.54. The average molecular weight is 370 g/mol. The molecule has 0 saturated heterocycles. The molecule has 0 atom stereocenters. The molecule has 0 aliphatic carbocycles. The summed E-state index contributed by atoms with van der Waals surface area (Å²) in [7, 11) is 0. The van der Waals surface area contributed by atoms with E-state index in [9.17, 15) is 9.59 Å². The van der Waals surface area contributed by atoms with Crippen molar-refractivity contribution in [1.29, 1.82) is 0 Å². The Kier molecular flexibility index (Phi) is 6.53. The van der Waals surface area contributed by atoms with Crippen LogP contribution in [0.3, 0.4) is 0 Å². The Hall–Kier alpha value is -3.92. The monoisotopic (exact) mass is 370 g/mol. The summed E-state index contributed by atoms with van der Waals surface area (Å²) >= 11 is 0. The van der Waals surface area contributed by atoms with E-state index in [1.54, 1.807) is 36.4 Å². The Morgan fingerprint density at radius 3 is 1.75 bits per heavy atom. The molecule has 4 heteroatoms. The molecule has 0 amide bonds. The zero-order chi connectivity index (χ0) is 19.6. The van der Waals surface area contributed by atoms with E-state index in [1.165, 1.54) is 12.5 Å². The fourth-order valence-corrected chi connectivity index (χ4v) is 2.54. The summed E-state index contributed by atoms with van der Waals surface area (Å²) < 4.78 is 9.68. The molecule has 0 aromatic heterocycles. The molecule has 0 fully saturated rings. The smallest absolute Gasteiger partial charge is 0.342 e. The third-order valence-electron chi connectivity index (χ3n) is 3.99. The molecule has 0 N–H and O–H groups in total. The third kappa shape index (κ3) is 5.29. The van der Waals surface area contributed by atoms with Crippen molar-refractivity contribution in [3.05, 3.63) is 108 Å². The number of hydrogen-bond acceptors (Lipinski definition) is 4. The summed E-state index contributed by atoms with van der Waals surface area (Å²) in [6, 6.07) is 24.6. The second-order valence-corrected chi connectivity index (χ2v) is 5.85. The van der Waals surface area contributed by atoms with E-state index in [4.69, 9.17) is 4.74 Å². The van der Waals surface area contributed by atoms with Crippen LogP contribution < -0.4 is 0 Å². The van der Waals surface area contributed by atoms with Gasteiger partial charge >= 0.3 is 5.97 Å². The lowest BCUT2D eigenvalue weighted by Gasteiger charge is -2.03. The number of ether oxygens (including phenoxy) is 2. The topological polar surface area (TPSA) is 52.6 Å². The standard InChI is InChI=1S/C24H18O4/c25-18-27-16-14-19-6-10-21(11-7-19)22-12-8-20(9-13-22)15-17-28-24(26)23-4-2-1-3-5-23/h1-18H. The van der Waals surface area contributed by atoms with Crippen molar-refractivity contribution in [2.75, 3.05) is 0 Å². The van der Waals surface area contributed by atoms with E-state index in [0.29, 0.717) is 12.0 Å².